The molecule has 8 nitrogen and oxygen atoms in total. The van der Waals surface area contributed by atoms with E-state index in [9.17, 15) is 14.4 Å². The molecule has 0 saturated heterocycles. The zero-order valence-electron chi connectivity index (χ0n) is 14.6. The molecule has 27 heavy (non-hydrogen) atoms. The van der Waals surface area contributed by atoms with Crippen LogP contribution in [0, 0.1) is 6.92 Å². The van der Waals surface area contributed by atoms with E-state index in [2.05, 4.69) is 15.4 Å². The van der Waals surface area contributed by atoms with Gasteiger partial charge < -0.3 is 9.72 Å². The molecule has 0 saturated carbocycles. The number of pyridine rings is 1. The van der Waals surface area contributed by atoms with Gasteiger partial charge in [-0.1, -0.05) is 12.1 Å². The highest BCUT2D eigenvalue weighted by molar-refractivity contribution is 5.94. The molecule has 0 aliphatic heterocycles. The summed E-state index contributed by atoms with van der Waals surface area (Å²) in [5, 5.41) is 6.01. The number of imidazole rings is 1. The number of rotatable bonds is 4. The summed E-state index contributed by atoms with van der Waals surface area (Å²) in [4.78, 5) is 41.2. The zero-order chi connectivity index (χ0) is 19.0. The van der Waals surface area contributed by atoms with Gasteiger partial charge in [0.1, 0.15) is 5.65 Å². The number of aromatic nitrogens is 4. The lowest BCUT2D eigenvalue weighted by molar-refractivity contribution is 0.0951. The quantitative estimate of drug-likeness (QED) is 0.566. The second-order valence-corrected chi connectivity index (χ2v) is 6.26. The van der Waals surface area contributed by atoms with Crippen LogP contribution in [0.3, 0.4) is 0 Å². The third kappa shape index (κ3) is 3.12. The van der Waals surface area contributed by atoms with Gasteiger partial charge in [0.15, 0.2) is 0 Å². The third-order valence-corrected chi connectivity index (χ3v) is 4.34. The predicted molar refractivity (Wildman–Crippen MR) is 101 cm³/mol. The number of hydrogen-bond acceptors (Lipinski definition) is 4. The highest BCUT2D eigenvalue weighted by Gasteiger charge is 2.09. The Bertz CT molecular complexity index is 1280. The molecule has 0 atom stereocenters. The Labute approximate surface area is 153 Å². The molecule has 1 aromatic carbocycles. The van der Waals surface area contributed by atoms with E-state index in [0.29, 0.717) is 16.3 Å². The largest absolute Gasteiger partial charge is 0.350 e. The Balaban J connectivity index is 1.50. The van der Waals surface area contributed by atoms with Crippen molar-refractivity contribution in [3.63, 3.8) is 0 Å². The number of fused-ring (bicyclic) bond motifs is 2. The van der Waals surface area contributed by atoms with Gasteiger partial charge in [-0.25, -0.2) is 9.67 Å². The molecule has 0 aliphatic rings. The number of H-pyrrole nitrogens is 1. The minimum absolute atomic E-state index is 0.164. The van der Waals surface area contributed by atoms with Crippen LogP contribution in [0.2, 0.25) is 0 Å². The first-order valence-electron chi connectivity index (χ1n) is 8.48. The number of hydrogen-bond donors (Lipinski definition) is 2. The number of carbonyl (C=O) groups is 1. The van der Waals surface area contributed by atoms with Crippen LogP contribution in [0.1, 0.15) is 16.1 Å². The maximum absolute atomic E-state index is 12.4. The lowest BCUT2D eigenvalue weighted by Gasteiger charge is -2.09. The molecule has 0 radical (unpaired) electrons. The molecule has 4 rings (SSSR count). The smallest absolute Gasteiger partial charge is 0.273 e. The fourth-order valence-electron chi connectivity index (χ4n) is 3.04. The average Bonchev–Trinajstić information content (AvgIpc) is 3.04. The van der Waals surface area contributed by atoms with Gasteiger partial charge in [-0.2, -0.15) is 0 Å². The summed E-state index contributed by atoms with van der Waals surface area (Å²) >= 11 is 0. The van der Waals surface area contributed by atoms with Gasteiger partial charge in [0.05, 0.1) is 28.6 Å². The summed E-state index contributed by atoms with van der Waals surface area (Å²) in [5.41, 5.74) is 1.49. The van der Waals surface area contributed by atoms with Crippen molar-refractivity contribution >= 4 is 22.3 Å². The van der Waals surface area contributed by atoms with Crippen molar-refractivity contribution in [3.05, 3.63) is 80.8 Å². The molecular formula is C19H17N5O3. The van der Waals surface area contributed by atoms with Crippen LogP contribution in [0.25, 0.3) is 16.4 Å². The van der Waals surface area contributed by atoms with E-state index in [-0.39, 0.29) is 30.1 Å². The molecule has 3 heterocycles. The van der Waals surface area contributed by atoms with Gasteiger partial charge in [-0.05, 0) is 31.2 Å². The number of benzene rings is 1. The van der Waals surface area contributed by atoms with Crippen molar-refractivity contribution < 1.29 is 4.79 Å². The Morgan fingerprint density at radius 3 is 2.70 bits per heavy atom. The van der Waals surface area contributed by atoms with Gasteiger partial charge in [-0.3, -0.25) is 19.5 Å². The standard InChI is InChI=1S/C19H17N5O3/c1-12-10-23-11-13(6-7-16(23)21-12)17(25)20-8-9-24-19(27)15-5-3-2-4-14(15)18(26)22-24/h2-7,10-11H,8-9H2,1H3,(H,20,25)(H,22,26). The number of aryl methyl sites for hydroxylation is 1. The minimum Gasteiger partial charge on any atom is -0.350 e. The van der Waals surface area contributed by atoms with Gasteiger partial charge in [-0.15, -0.1) is 0 Å². The van der Waals surface area contributed by atoms with Gasteiger partial charge in [0, 0.05) is 18.9 Å². The fraction of sp³-hybridized carbons (Fsp3) is 0.158. The van der Waals surface area contributed by atoms with E-state index in [1.54, 1.807) is 47.0 Å². The summed E-state index contributed by atoms with van der Waals surface area (Å²) in [7, 11) is 0. The van der Waals surface area contributed by atoms with Crippen LogP contribution < -0.4 is 16.4 Å². The molecule has 4 aromatic rings. The number of nitrogens with one attached hydrogen (secondary N) is 2. The van der Waals surface area contributed by atoms with Crippen LogP contribution in [0.15, 0.2) is 58.4 Å². The molecule has 136 valence electrons. The molecule has 8 heteroatoms. The highest BCUT2D eigenvalue weighted by Crippen LogP contribution is 2.07. The van der Waals surface area contributed by atoms with Crippen LogP contribution in [-0.2, 0) is 6.54 Å². The second-order valence-electron chi connectivity index (χ2n) is 6.26. The van der Waals surface area contributed by atoms with Crippen LogP contribution in [-0.4, -0.2) is 31.6 Å². The van der Waals surface area contributed by atoms with Crippen LogP contribution >= 0.6 is 0 Å². The number of aromatic amines is 1. The average molecular weight is 363 g/mol. The highest BCUT2D eigenvalue weighted by atomic mass is 16.2. The number of carbonyl (C=O) groups excluding carboxylic acids is 1. The van der Waals surface area contributed by atoms with Gasteiger partial charge in [0.25, 0.3) is 17.0 Å². The van der Waals surface area contributed by atoms with E-state index in [1.165, 1.54) is 4.68 Å². The summed E-state index contributed by atoms with van der Waals surface area (Å²) in [6.45, 7) is 2.25. The fourth-order valence-corrected chi connectivity index (χ4v) is 3.04. The summed E-state index contributed by atoms with van der Waals surface area (Å²) in [5.74, 6) is -0.264. The molecule has 0 aliphatic carbocycles. The first kappa shape index (κ1) is 16.8. The normalized spacial score (nSPS) is 11.1. The van der Waals surface area contributed by atoms with Crippen molar-refractivity contribution in [2.75, 3.05) is 6.54 Å². The van der Waals surface area contributed by atoms with Crippen molar-refractivity contribution in [2.24, 2.45) is 0 Å². The van der Waals surface area contributed by atoms with Crippen molar-refractivity contribution in [1.82, 2.24) is 24.5 Å². The van der Waals surface area contributed by atoms with Gasteiger partial charge in [0.2, 0.25) is 0 Å². The van der Waals surface area contributed by atoms with E-state index in [0.717, 1.165) is 11.3 Å². The monoisotopic (exact) mass is 363 g/mol. The Kier molecular flexibility index (Phi) is 4.08. The third-order valence-electron chi connectivity index (χ3n) is 4.34. The van der Waals surface area contributed by atoms with E-state index in [4.69, 9.17) is 0 Å². The topological polar surface area (TPSA) is 101 Å². The SMILES string of the molecule is Cc1cn2cc(C(=O)NCCn3[nH]c(=O)c4ccccc4c3=O)ccc2n1. The molecule has 2 N–H and O–H groups in total. The molecule has 1 amide bonds. The minimum atomic E-state index is -0.336. The van der Waals surface area contributed by atoms with Crippen LogP contribution in [0.4, 0.5) is 0 Å². The van der Waals surface area contributed by atoms with E-state index < -0.39 is 0 Å². The summed E-state index contributed by atoms with van der Waals surface area (Å²) in [6, 6.07) is 10.1. The lowest BCUT2D eigenvalue weighted by atomic mass is 10.2. The van der Waals surface area contributed by atoms with Crippen molar-refractivity contribution in [2.45, 2.75) is 13.5 Å². The molecule has 0 bridgehead atoms. The molecule has 0 spiro atoms. The summed E-state index contributed by atoms with van der Waals surface area (Å²) in [6.07, 6.45) is 3.54. The number of nitrogens with zero attached hydrogens (tertiary/aromatic N) is 3. The van der Waals surface area contributed by atoms with E-state index >= 15 is 0 Å². The molecular weight excluding hydrogens is 346 g/mol. The Morgan fingerprint density at radius 2 is 1.89 bits per heavy atom. The van der Waals surface area contributed by atoms with Crippen molar-refractivity contribution in [3.8, 4) is 0 Å². The summed E-state index contributed by atoms with van der Waals surface area (Å²) < 4.78 is 3.00. The first-order chi connectivity index (χ1) is 13.0. The van der Waals surface area contributed by atoms with Gasteiger partial charge >= 0.3 is 0 Å². The molecule has 3 aromatic heterocycles. The molecule has 0 unspecified atom stereocenters. The lowest BCUT2D eigenvalue weighted by Crippen LogP contribution is -2.35. The second kappa shape index (κ2) is 6.56. The first-order valence-corrected chi connectivity index (χ1v) is 8.48. The number of amides is 1. The van der Waals surface area contributed by atoms with Crippen molar-refractivity contribution in [1.29, 1.82) is 0 Å². The van der Waals surface area contributed by atoms with Crippen LogP contribution in [0.5, 0.6) is 0 Å². The predicted octanol–water partition coefficient (Wildman–Crippen LogP) is 1.08. The Hall–Kier alpha value is -3.68. The Morgan fingerprint density at radius 1 is 1.11 bits per heavy atom. The maximum Gasteiger partial charge on any atom is 0.273 e. The molecule has 0 fully saturated rings. The van der Waals surface area contributed by atoms with E-state index in [1.807, 2.05) is 13.1 Å². The zero-order valence-corrected chi connectivity index (χ0v) is 14.6. The maximum atomic E-state index is 12.4.